The zero-order chi connectivity index (χ0) is 15.9. The predicted octanol–water partition coefficient (Wildman–Crippen LogP) is 3.46. The lowest BCUT2D eigenvalue weighted by Crippen LogP contribution is -2.28. The van der Waals surface area contributed by atoms with E-state index in [1.807, 2.05) is 30.3 Å². The van der Waals surface area contributed by atoms with Crippen LogP contribution in [0, 0.1) is 0 Å². The maximum Gasteiger partial charge on any atom is 0.281 e. The van der Waals surface area contributed by atoms with Crippen LogP contribution in [-0.4, -0.2) is 22.4 Å². The van der Waals surface area contributed by atoms with Gasteiger partial charge in [0.25, 0.3) is 5.91 Å². The van der Waals surface area contributed by atoms with Gasteiger partial charge in [0.2, 0.25) is 6.23 Å². The lowest BCUT2D eigenvalue weighted by Gasteiger charge is -2.16. The first-order valence-electron chi connectivity index (χ1n) is 7.10. The number of amides is 1. The Morgan fingerprint density at radius 1 is 1.32 bits per heavy atom. The maximum atomic E-state index is 12.6. The Labute approximate surface area is 138 Å². The SMILES string of the molecule is CC(C)(C)c1ccn(C2OCN(c3cccc(Br)c3)C2=O)n1. The monoisotopic (exact) mass is 363 g/mol. The molecule has 3 rings (SSSR count). The number of halogens is 1. The van der Waals surface area contributed by atoms with Crippen molar-refractivity contribution < 1.29 is 9.53 Å². The first-order valence-corrected chi connectivity index (χ1v) is 7.90. The minimum absolute atomic E-state index is 0.0586. The molecule has 1 aromatic heterocycles. The summed E-state index contributed by atoms with van der Waals surface area (Å²) >= 11 is 3.42. The van der Waals surface area contributed by atoms with Gasteiger partial charge in [-0.05, 0) is 24.3 Å². The molecule has 1 aromatic carbocycles. The summed E-state index contributed by atoms with van der Waals surface area (Å²) in [7, 11) is 0. The molecule has 1 fully saturated rings. The van der Waals surface area contributed by atoms with Crippen molar-refractivity contribution in [3.8, 4) is 0 Å². The van der Waals surface area contributed by atoms with E-state index in [1.165, 1.54) is 0 Å². The van der Waals surface area contributed by atoms with Crippen LogP contribution < -0.4 is 4.90 Å². The van der Waals surface area contributed by atoms with E-state index in [0.717, 1.165) is 15.9 Å². The second-order valence-corrected chi connectivity index (χ2v) is 7.24. The summed E-state index contributed by atoms with van der Waals surface area (Å²) in [5.41, 5.74) is 1.69. The van der Waals surface area contributed by atoms with Crippen LogP contribution in [0.3, 0.4) is 0 Å². The number of benzene rings is 1. The molecule has 1 unspecified atom stereocenters. The van der Waals surface area contributed by atoms with Gasteiger partial charge in [-0.25, -0.2) is 4.68 Å². The summed E-state index contributed by atoms with van der Waals surface area (Å²) < 4.78 is 8.17. The molecule has 6 heteroatoms. The third-order valence-corrected chi connectivity index (χ3v) is 4.07. The Hall–Kier alpha value is -1.66. The van der Waals surface area contributed by atoms with E-state index in [1.54, 1.807) is 15.8 Å². The number of carbonyl (C=O) groups is 1. The number of ether oxygens (including phenoxy) is 1. The molecule has 1 aliphatic rings. The summed E-state index contributed by atoms with van der Waals surface area (Å²) in [6.45, 7) is 6.49. The van der Waals surface area contributed by atoms with E-state index in [2.05, 4.69) is 41.8 Å². The van der Waals surface area contributed by atoms with Crippen LogP contribution in [0.5, 0.6) is 0 Å². The van der Waals surface area contributed by atoms with Gasteiger partial charge in [0.05, 0.1) is 5.69 Å². The van der Waals surface area contributed by atoms with E-state index in [-0.39, 0.29) is 18.1 Å². The Kier molecular flexibility index (Phi) is 3.82. The molecule has 1 atom stereocenters. The highest BCUT2D eigenvalue weighted by molar-refractivity contribution is 9.10. The molecule has 0 spiro atoms. The van der Waals surface area contributed by atoms with Crippen LogP contribution in [0.4, 0.5) is 5.69 Å². The maximum absolute atomic E-state index is 12.6. The lowest BCUT2D eigenvalue weighted by molar-refractivity contribution is -0.126. The molecule has 0 bridgehead atoms. The third-order valence-electron chi connectivity index (χ3n) is 3.58. The van der Waals surface area contributed by atoms with Gasteiger partial charge >= 0.3 is 0 Å². The van der Waals surface area contributed by atoms with Crippen molar-refractivity contribution in [1.29, 1.82) is 0 Å². The number of hydrogen-bond acceptors (Lipinski definition) is 3. The first-order chi connectivity index (χ1) is 10.4. The number of anilines is 1. The number of hydrogen-bond donors (Lipinski definition) is 0. The third kappa shape index (κ3) is 2.80. The Bertz CT molecular complexity index is 705. The molecule has 1 amide bonds. The first kappa shape index (κ1) is 15.2. The van der Waals surface area contributed by atoms with Crippen LogP contribution in [-0.2, 0) is 14.9 Å². The van der Waals surface area contributed by atoms with Crippen molar-refractivity contribution in [2.45, 2.75) is 32.4 Å². The largest absolute Gasteiger partial charge is 0.327 e. The zero-order valence-electron chi connectivity index (χ0n) is 12.8. The van der Waals surface area contributed by atoms with Crippen molar-refractivity contribution in [2.24, 2.45) is 0 Å². The average Bonchev–Trinajstić information content (AvgIpc) is 3.04. The van der Waals surface area contributed by atoms with Crippen LogP contribution >= 0.6 is 15.9 Å². The highest BCUT2D eigenvalue weighted by Gasteiger charge is 2.36. The number of aromatic nitrogens is 2. The molecule has 0 aliphatic carbocycles. The van der Waals surface area contributed by atoms with Gasteiger partial charge < -0.3 is 4.74 Å². The molecule has 116 valence electrons. The topological polar surface area (TPSA) is 47.4 Å². The summed E-state index contributed by atoms with van der Waals surface area (Å²) in [6.07, 6.45) is 1.10. The van der Waals surface area contributed by atoms with Crippen molar-refractivity contribution in [1.82, 2.24) is 9.78 Å². The van der Waals surface area contributed by atoms with Gasteiger partial charge in [0.15, 0.2) is 0 Å². The Morgan fingerprint density at radius 2 is 2.09 bits per heavy atom. The van der Waals surface area contributed by atoms with Crippen molar-refractivity contribution in [2.75, 3.05) is 11.6 Å². The van der Waals surface area contributed by atoms with E-state index >= 15 is 0 Å². The van der Waals surface area contributed by atoms with Gasteiger partial charge in [-0.3, -0.25) is 9.69 Å². The van der Waals surface area contributed by atoms with E-state index in [9.17, 15) is 4.79 Å². The molecule has 0 radical (unpaired) electrons. The van der Waals surface area contributed by atoms with Crippen molar-refractivity contribution in [3.63, 3.8) is 0 Å². The smallest absolute Gasteiger partial charge is 0.281 e. The van der Waals surface area contributed by atoms with Crippen molar-refractivity contribution in [3.05, 3.63) is 46.7 Å². The highest BCUT2D eigenvalue weighted by atomic mass is 79.9. The standard InChI is InChI=1S/C16H18BrN3O2/c1-16(2,3)13-7-8-20(18-13)15-14(21)19(10-22-15)12-6-4-5-11(17)9-12/h4-9,15H,10H2,1-3H3. The predicted molar refractivity (Wildman–Crippen MR) is 87.5 cm³/mol. The fourth-order valence-electron chi connectivity index (χ4n) is 2.32. The lowest BCUT2D eigenvalue weighted by atomic mass is 9.93. The minimum atomic E-state index is -0.699. The summed E-state index contributed by atoms with van der Waals surface area (Å²) in [5.74, 6) is -0.110. The fourth-order valence-corrected chi connectivity index (χ4v) is 2.70. The number of carbonyl (C=O) groups excluding carboxylic acids is 1. The van der Waals surface area contributed by atoms with Gasteiger partial charge in [0.1, 0.15) is 6.73 Å². The average molecular weight is 364 g/mol. The molecule has 2 aromatic rings. The van der Waals surface area contributed by atoms with E-state index < -0.39 is 6.23 Å². The zero-order valence-corrected chi connectivity index (χ0v) is 14.4. The van der Waals surface area contributed by atoms with Crippen LogP contribution in [0.1, 0.15) is 32.7 Å². The number of nitrogens with zero attached hydrogens (tertiary/aromatic N) is 3. The highest BCUT2D eigenvalue weighted by Crippen LogP contribution is 2.29. The second kappa shape index (κ2) is 5.52. The van der Waals surface area contributed by atoms with Gasteiger partial charge in [-0.15, -0.1) is 0 Å². The van der Waals surface area contributed by atoms with Crippen LogP contribution in [0.2, 0.25) is 0 Å². The molecule has 1 saturated heterocycles. The van der Waals surface area contributed by atoms with Gasteiger partial charge in [-0.2, -0.15) is 5.10 Å². The fraction of sp³-hybridized carbons (Fsp3) is 0.375. The normalized spacial score (nSPS) is 19.0. The molecule has 2 heterocycles. The van der Waals surface area contributed by atoms with Crippen LogP contribution in [0.25, 0.3) is 0 Å². The van der Waals surface area contributed by atoms with E-state index in [0.29, 0.717) is 0 Å². The molecule has 0 saturated carbocycles. The van der Waals surface area contributed by atoms with Crippen LogP contribution in [0.15, 0.2) is 41.0 Å². The second-order valence-electron chi connectivity index (χ2n) is 6.33. The summed E-state index contributed by atoms with van der Waals surface area (Å²) in [6, 6.07) is 9.53. The quantitative estimate of drug-likeness (QED) is 0.820. The Balaban J connectivity index is 1.83. The minimum Gasteiger partial charge on any atom is -0.327 e. The molecular formula is C16H18BrN3O2. The van der Waals surface area contributed by atoms with Gasteiger partial charge in [-0.1, -0.05) is 42.8 Å². The number of rotatable bonds is 2. The molecule has 22 heavy (non-hydrogen) atoms. The van der Waals surface area contributed by atoms with Crippen molar-refractivity contribution >= 4 is 27.5 Å². The molecule has 0 N–H and O–H groups in total. The van der Waals surface area contributed by atoms with E-state index in [4.69, 9.17) is 4.74 Å². The summed E-state index contributed by atoms with van der Waals surface area (Å²) in [5, 5.41) is 4.49. The molecular weight excluding hydrogens is 346 g/mol. The molecule has 1 aliphatic heterocycles. The molecule has 5 nitrogen and oxygen atoms in total. The summed E-state index contributed by atoms with van der Waals surface area (Å²) in [4.78, 5) is 14.2. The van der Waals surface area contributed by atoms with Gasteiger partial charge in [0, 0.05) is 21.8 Å². The Morgan fingerprint density at radius 3 is 2.73 bits per heavy atom.